The Balaban J connectivity index is 1.56. The molecule has 6 heteroatoms. The first-order valence-corrected chi connectivity index (χ1v) is 9.98. The fourth-order valence-electron chi connectivity index (χ4n) is 3.79. The van der Waals surface area contributed by atoms with Crippen LogP contribution in [0.4, 0.5) is 23.1 Å². The Kier molecular flexibility index (Phi) is 5.43. The van der Waals surface area contributed by atoms with Crippen LogP contribution in [-0.2, 0) is 4.74 Å². The first-order valence-electron chi connectivity index (χ1n) is 9.98. The molecule has 2 aromatic rings. The van der Waals surface area contributed by atoms with E-state index in [-0.39, 0.29) is 0 Å². The van der Waals surface area contributed by atoms with Gasteiger partial charge >= 0.3 is 0 Å². The lowest BCUT2D eigenvalue weighted by Crippen LogP contribution is -2.36. The van der Waals surface area contributed by atoms with Gasteiger partial charge in [0.15, 0.2) is 0 Å². The lowest BCUT2D eigenvalue weighted by atomic mass is 9.99. The maximum atomic E-state index is 5.49. The molecule has 0 unspecified atom stereocenters. The van der Waals surface area contributed by atoms with E-state index in [0.717, 1.165) is 62.5 Å². The van der Waals surface area contributed by atoms with E-state index in [1.807, 2.05) is 6.92 Å². The minimum Gasteiger partial charge on any atom is -0.378 e. The van der Waals surface area contributed by atoms with Gasteiger partial charge in [0.2, 0.25) is 5.95 Å². The van der Waals surface area contributed by atoms with Gasteiger partial charge < -0.3 is 19.9 Å². The molecule has 0 atom stereocenters. The monoisotopic (exact) mass is 367 g/mol. The summed E-state index contributed by atoms with van der Waals surface area (Å²) < 4.78 is 5.49. The molecule has 0 radical (unpaired) electrons. The summed E-state index contributed by atoms with van der Waals surface area (Å²) in [6, 6.07) is 10.5. The van der Waals surface area contributed by atoms with E-state index in [1.165, 1.54) is 18.5 Å². The number of piperidine rings is 1. The zero-order valence-electron chi connectivity index (χ0n) is 16.3. The topological polar surface area (TPSA) is 53.5 Å². The van der Waals surface area contributed by atoms with Crippen LogP contribution < -0.4 is 15.1 Å². The number of para-hydroxylation sites is 2. The molecule has 2 saturated heterocycles. The molecule has 6 nitrogen and oxygen atoms in total. The fourth-order valence-corrected chi connectivity index (χ4v) is 3.79. The highest BCUT2D eigenvalue weighted by molar-refractivity contribution is 5.73. The Morgan fingerprint density at radius 2 is 1.74 bits per heavy atom. The third-order valence-electron chi connectivity index (χ3n) is 5.45. The van der Waals surface area contributed by atoms with Crippen LogP contribution in [0.25, 0.3) is 0 Å². The summed E-state index contributed by atoms with van der Waals surface area (Å²) in [4.78, 5) is 14.2. The lowest BCUT2D eigenvalue weighted by molar-refractivity contribution is 0.123. The SMILES string of the molecule is Cc1cc(N2CCC(C)CC2)nc(Nc2ccccc2N2CCOCC2)n1. The van der Waals surface area contributed by atoms with Crippen molar-refractivity contribution < 1.29 is 4.74 Å². The Morgan fingerprint density at radius 1 is 1.00 bits per heavy atom. The minimum atomic E-state index is 0.671. The zero-order chi connectivity index (χ0) is 18.6. The van der Waals surface area contributed by atoms with Gasteiger partial charge in [0, 0.05) is 37.9 Å². The predicted octanol–water partition coefficient (Wildman–Crippen LogP) is 3.60. The first kappa shape index (κ1) is 18.0. The summed E-state index contributed by atoms with van der Waals surface area (Å²) >= 11 is 0. The molecule has 0 amide bonds. The summed E-state index contributed by atoms with van der Waals surface area (Å²) in [6.45, 7) is 9.87. The van der Waals surface area contributed by atoms with E-state index in [1.54, 1.807) is 0 Å². The number of nitrogens with one attached hydrogen (secondary N) is 1. The molecule has 0 saturated carbocycles. The molecule has 0 spiro atoms. The van der Waals surface area contributed by atoms with Crippen molar-refractivity contribution in [2.24, 2.45) is 5.92 Å². The average molecular weight is 367 g/mol. The van der Waals surface area contributed by atoms with E-state index < -0.39 is 0 Å². The maximum Gasteiger partial charge on any atom is 0.229 e. The van der Waals surface area contributed by atoms with Crippen molar-refractivity contribution in [3.05, 3.63) is 36.0 Å². The van der Waals surface area contributed by atoms with Crippen molar-refractivity contribution in [3.63, 3.8) is 0 Å². The van der Waals surface area contributed by atoms with Crippen LogP contribution >= 0.6 is 0 Å². The number of hydrogen-bond donors (Lipinski definition) is 1. The van der Waals surface area contributed by atoms with Gasteiger partial charge in [-0.2, -0.15) is 4.98 Å². The summed E-state index contributed by atoms with van der Waals surface area (Å²) in [6.07, 6.45) is 2.46. The molecule has 1 aromatic heterocycles. The average Bonchev–Trinajstić information content (AvgIpc) is 2.69. The normalized spacial score (nSPS) is 18.6. The summed E-state index contributed by atoms with van der Waals surface area (Å²) in [7, 11) is 0. The van der Waals surface area contributed by atoms with Crippen LogP contribution in [0, 0.1) is 12.8 Å². The molecule has 3 heterocycles. The standard InChI is InChI=1S/C21H29N5O/c1-16-7-9-26(10-8-16)20-15-17(2)22-21(24-20)23-18-5-3-4-6-19(18)25-11-13-27-14-12-25/h3-6,15-16H,7-14H2,1-2H3,(H,22,23,24). The molecule has 2 aliphatic rings. The second kappa shape index (κ2) is 8.13. The van der Waals surface area contributed by atoms with Crippen molar-refractivity contribution in [3.8, 4) is 0 Å². The van der Waals surface area contributed by atoms with Gasteiger partial charge in [0.05, 0.1) is 24.6 Å². The third kappa shape index (κ3) is 4.33. The van der Waals surface area contributed by atoms with Crippen molar-refractivity contribution in [1.82, 2.24) is 9.97 Å². The molecular formula is C21H29N5O. The molecule has 1 aromatic carbocycles. The van der Waals surface area contributed by atoms with Crippen molar-refractivity contribution in [1.29, 1.82) is 0 Å². The van der Waals surface area contributed by atoms with Gasteiger partial charge in [-0.1, -0.05) is 19.1 Å². The summed E-state index contributed by atoms with van der Waals surface area (Å²) in [5, 5.41) is 3.47. The largest absolute Gasteiger partial charge is 0.378 e. The quantitative estimate of drug-likeness (QED) is 0.891. The van der Waals surface area contributed by atoms with E-state index >= 15 is 0 Å². The smallest absolute Gasteiger partial charge is 0.229 e. The van der Waals surface area contributed by atoms with Gasteiger partial charge in [-0.15, -0.1) is 0 Å². The lowest BCUT2D eigenvalue weighted by Gasteiger charge is -2.32. The van der Waals surface area contributed by atoms with Crippen molar-refractivity contribution in [2.75, 3.05) is 54.5 Å². The molecule has 27 heavy (non-hydrogen) atoms. The Hall–Kier alpha value is -2.34. The molecule has 0 bridgehead atoms. The molecule has 0 aliphatic carbocycles. The highest BCUT2D eigenvalue weighted by Gasteiger charge is 2.19. The molecule has 2 aliphatic heterocycles. The number of aromatic nitrogens is 2. The van der Waals surface area contributed by atoms with E-state index in [4.69, 9.17) is 9.72 Å². The Bertz CT molecular complexity index is 767. The molecule has 1 N–H and O–H groups in total. The highest BCUT2D eigenvalue weighted by Crippen LogP contribution is 2.29. The molecular weight excluding hydrogens is 338 g/mol. The number of benzene rings is 1. The maximum absolute atomic E-state index is 5.49. The van der Waals surface area contributed by atoms with Crippen LogP contribution in [0.1, 0.15) is 25.5 Å². The van der Waals surface area contributed by atoms with Gasteiger partial charge in [-0.3, -0.25) is 0 Å². The molecule has 2 fully saturated rings. The first-order chi connectivity index (χ1) is 13.2. The van der Waals surface area contributed by atoms with Crippen LogP contribution in [-0.4, -0.2) is 49.4 Å². The highest BCUT2D eigenvalue weighted by atomic mass is 16.5. The van der Waals surface area contributed by atoms with E-state index in [0.29, 0.717) is 5.95 Å². The predicted molar refractivity (Wildman–Crippen MR) is 110 cm³/mol. The fraction of sp³-hybridized carbons (Fsp3) is 0.524. The van der Waals surface area contributed by atoms with Crippen molar-refractivity contribution >= 4 is 23.1 Å². The van der Waals surface area contributed by atoms with Crippen LogP contribution in [0.5, 0.6) is 0 Å². The summed E-state index contributed by atoms with van der Waals surface area (Å²) in [5.74, 6) is 2.51. The number of ether oxygens (including phenoxy) is 1. The number of nitrogens with zero attached hydrogens (tertiary/aromatic N) is 4. The number of anilines is 4. The van der Waals surface area contributed by atoms with Gasteiger partial charge in [0.1, 0.15) is 5.82 Å². The Morgan fingerprint density at radius 3 is 2.52 bits per heavy atom. The molecule has 144 valence electrons. The van der Waals surface area contributed by atoms with Crippen LogP contribution in [0.15, 0.2) is 30.3 Å². The zero-order valence-corrected chi connectivity index (χ0v) is 16.3. The van der Waals surface area contributed by atoms with E-state index in [2.05, 4.69) is 57.4 Å². The second-order valence-corrected chi connectivity index (χ2v) is 7.60. The van der Waals surface area contributed by atoms with Gasteiger partial charge in [-0.05, 0) is 37.8 Å². The number of aryl methyl sites for hydroxylation is 1. The van der Waals surface area contributed by atoms with E-state index in [9.17, 15) is 0 Å². The second-order valence-electron chi connectivity index (χ2n) is 7.60. The minimum absolute atomic E-state index is 0.671. The van der Waals surface area contributed by atoms with Gasteiger partial charge in [-0.25, -0.2) is 4.98 Å². The number of rotatable bonds is 4. The third-order valence-corrected chi connectivity index (χ3v) is 5.45. The number of morpholine rings is 1. The molecule has 4 rings (SSSR count). The summed E-state index contributed by atoms with van der Waals surface area (Å²) in [5.41, 5.74) is 3.22. The Labute approximate surface area is 161 Å². The van der Waals surface area contributed by atoms with Gasteiger partial charge in [0.25, 0.3) is 0 Å². The van der Waals surface area contributed by atoms with Crippen LogP contribution in [0.2, 0.25) is 0 Å². The van der Waals surface area contributed by atoms with Crippen molar-refractivity contribution in [2.45, 2.75) is 26.7 Å². The van der Waals surface area contributed by atoms with Crippen LogP contribution in [0.3, 0.4) is 0 Å². The number of hydrogen-bond acceptors (Lipinski definition) is 6.